The maximum Gasteiger partial charge on any atom is 0.0594 e. The minimum Gasteiger partial charge on any atom is -0.379 e. The molecule has 1 atom stereocenters. The summed E-state index contributed by atoms with van der Waals surface area (Å²) >= 11 is 0. The predicted octanol–water partition coefficient (Wildman–Crippen LogP) is 1.42. The Bertz CT molecular complexity index is 204. The summed E-state index contributed by atoms with van der Waals surface area (Å²) in [6.45, 7) is 16.6. The average molecular weight is 271 g/mol. The van der Waals surface area contributed by atoms with Crippen LogP contribution in [-0.2, 0) is 4.74 Å². The van der Waals surface area contributed by atoms with Gasteiger partial charge in [-0.1, -0.05) is 13.8 Å². The minimum absolute atomic E-state index is 0.636. The van der Waals surface area contributed by atoms with Crippen LogP contribution in [0.1, 0.15) is 33.6 Å². The first kappa shape index (κ1) is 16.9. The molecule has 114 valence electrons. The molecule has 0 radical (unpaired) electrons. The normalized spacial score (nSPS) is 18.9. The van der Waals surface area contributed by atoms with E-state index in [9.17, 15) is 0 Å². The van der Waals surface area contributed by atoms with Crippen LogP contribution in [0.3, 0.4) is 0 Å². The van der Waals surface area contributed by atoms with E-state index in [-0.39, 0.29) is 0 Å². The van der Waals surface area contributed by atoms with E-state index in [1.807, 2.05) is 0 Å². The topological polar surface area (TPSA) is 27.7 Å². The highest BCUT2D eigenvalue weighted by Gasteiger charge is 2.10. The number of nitrogens with one attached hydrogen (secondary N) is 1. The van der Waals surface area contributed by atoms with E-state index in [0.29, 0.717) is 6.04 Å². The molecule has 4 nitrogen and oxygen atoms in total. The molecule has 0 saturated carbocycles. The first-order valence-corrected chi connectivity index (χ1v) is 8.02. The van der Waals surface area contributed by atoms with Crippen LogP contribution in [0, 0.1) is 0 Å². The summed E-state index contributed by atoms with van der Waals surface area (Å²) in [7, 11) is 0. The van der Waals surface area contributed by atoms with Gasteiger partial charge in [-0.05, 0) is 39.4 Å². The van der Waals surface area contributed by atoms with Crippen molar-refractivity contribution in [2.24, 2.45) is 0 Å². The molecule has 1 saturated heterocycles. The number of ether oxygens (including phenoxy) is 1. The van der Waals surface area contributed by atoms with E-state index in [0.717, 1.165) is 39.4 Å². The Morgan fingerprint density at radius 2 is 1.89 bits per heavy atom. The monoisotopic (exact) mass is 271 g/mol. The lowest BCUT2D eigenvalue weighted by Gasteiger charge is -2.27. The first-order valence-electron chi connectivity index (χ1n) is 8.02. The SMILES string of the molecule is CCN(CC)CCCC(C)NCCN1CCOCC1. The Hall–Kier alpha value is -0.160. The molecule has 0 aliphatic carbocycles. The lowest BCUT2D eigenvalue weighted by molar-refractivity contribution is 0.0381. The summed E-state index contributed by atoms with van der Waals surface area (Å²) in [5.74, 6) is 0. The third kappa shape index (κ3) is 7.88. The van der Waals surface area contributed by atoms with E-state index in [1.165, 1.54) is 32.5 Å². The van der Waals surface area contributed by atoms with Crippen molar-refractivity contribution in [2.45, 2.75) is 39.7 Å². The molecule has 1 aliphatic heterocycles. The molecule has 1 unspecified atom stereocenters. The van der Waals surface area contributed by atoms with E-state index >= 15 is 0 Å². The van der Waals surface area contributed by atoms with Crippen LogP contribution in [0.25, 0.3) is 0 Å². The third-order valence-electron chi connectivity index (χ3n) is 4.03. The van der Waals surface area contributed by atoms with E-state index in [1.54, 1.807) is 0 Å². The van der Waals surface area contributed by atoms with Crippen LogP contribution < -0.4 is 5.32 Å². The highest BCUT2D eigenvalue weighted by Crippen LogP contribution is 2.00. The van der Waals surface area contributed by atoms with Crippen molar-refractivity contribution < 1.29 is 4.74 Å². The molecule has 1 fully saturated rings. The van der Waals surface area contributed by atoms with Crippen LogP contribution in [0.15, 0.2) is 0 Å². The van der Waals surface area contributed by atoms with Crippen LogP contribution in [0.5, 0.6) is 0 Å². The summed E-state index contributed by atoms with van der Waals surface area (Å²) in [6, 6.07) is 0.636. The van der Waals surface area contributed by atoms with Crippen molar-refractivity contribution in [1.82, 2.24) is 15.1 Å². The summed E-state index contributed by atoms with van der Waals surface area (Å²) in [5.41, 5.74) is 0. The Morgan fingerprint density at radius 1 is 1.21 bits per heavy atom. The molecule has 1 rings (SSSR count). The van der Waals surface area contributed by atoms with Gasteiger partial charge >= 0.3 is 0 Å². The van der Waals surface area contributed by atoms with E-state index in [2.05, 4.69) is 35.9 Å². The maximum absolute atomic E-state index is 5.36. The largest absolute Gasteiger partial charge is 0.379 e. The number of nitrogens with zero attached hydrogens (tertiary/aromatic N) is 2. The molecule has 0 spiro atoms. The van der Waals surface area contributed by atoms with Crippen molar-refractivity contribution in [3.63, 3.8) is 0 Å². The van der Waals surface area contributed by atoms with Gasteiger partial charge in [0, 0.05) is 32.2 Å². The minimum atomic E-state index is 0.636. The van der Waals surface area contributed by atoms with Gasteiger partial charge in [-0.3, -0.25) is 4.90 Å². The van der Waals surface area contributed by atoms with Gasteiger partial charge in [-0.2, -0.15) is 0 Å². The molecule has 1 N–H and O–H groups in total. The van der Waals surface area contributed by atoms with Crippen molar-refractivity contribution in [1.29, 1.82) is 0 Å². The van der Waals surface area contributed by atoms with Gasteiger partial charge in [0.1, 0.15) is 0 Å². The standard InChI is InChI=1S/C15H33N3O/c1-4-17(5-2)9-6-7-15(3)16-8-10-18-11-13-19-14-12-18/h15-16H,4-14H2,1-3H3. The molecular formula is C15H33N3O. The molecule has 19 heavy (non-hydrogen) atoms. The van der Waals surface area contributed by atoms with Crippen LogP contribution in [0.4, 0.5) is 0 Å². The quantitative estimate of drug-likeness (QED) is 0.650. The van der Waals surface area contributed by atoms with Crippen molar-refractivity contribution in [3.8, 4) is 0 Å². The molecule has 4 heteroatoms. The maximum atomic E-state index is 5.36. The summed E-state index contributed by atoms with van der Waals surface area (Å²) in [4.78, 5) is 4.99. The van der Waals surface area contributed by atoms with Gasteiger partial charge in [-0.25, -0.2) is 0 Å². The van der Waals surface area contributed by atoms with Crippen molar-refractivity contribution in [2.75, 3.05) is 59.0 Å². The van der Waals surface area contributed by atoms with Crippen molar-refractivity contribution >= 4 is 0 Å². The zero-order chi connectivity index (χ0) is 13.9. The number of morpholine rings is 1. The lowest BCUT2D eigenvalue weighted by atomic mass is 10.1. The van der Waals surface area contributed by atoms with Crippen LogP contribution in [0.2, 0.25) is 0 Å². The van der Waals surface area contributed by atoms with E-state index in [4.69, 9.17) is 4.74 Å². The predicted molar refractivity (Wildman–Crippen MR) is 81.7 cm³/mol. The Kier molecular flexibility index (Phi) is 9.43. The molecule has 1 aliphatic rings. The van der Waals surface area contributed by atoms with Gasteiger partial charge in [-0.15, -0.1) is 0 Å². The summed E-state index contributed by atoms with van der Waals surface area (Å²) in [6.07, 6.45) is 2.58. The average Bonchev–Trinajstić information content (AvgIpc) is 2.45. The van der Waals surface area contributed by atoms with Crippen molar-refractivity contribution in [3.05, 3.63) is 0 Å². The molecular weight excluding hydrogens is 238 g/mol. The summed E-state index contributed by atoms with van der Waals surface area (Å²) in [5, 5.41) is 3.64. The molecule has 0 bridgehead atoms. The second-order valence-corrected chi connectivity index (χ2v) is 5.48. The fourth-order valence-electron chi connectivity index (χ4n) is 2.56. The first-order chi connectivity index (χ1) is 9.26. The number of rotatable bonds is 10. The second-order valence-electron chi connectivity index (χ2n) is 5.48. The number of hydrogen-bond donors (Lipinski definition) is 1. The number of hydrogen-bond acceptors (Lipinski definition) is 4. The molecule has 0 aromatic rings. The zero-order valence-electron chi connectivity index (χ0n) is 13.2. The summed E-state index contributed by atoms with van der Waals surface area (Å²) < 4.78 is 5.36. The Balaban J connectivity index is 1.96. The highest BCUT2D eigenvalue weighted by molar-refractivity contribution is 4.67. The second kappa shape index (κ2) is 10.6. The Morgan fingerprint density at radius 3 is 2.53 bits per heavy atom. The van der Waals surface area contributed by atoms with Crippen LogP contribution >= 0.6 is 0 Å². The third-order valence-corrected chi connectivity index (χ3v) is 4.03. The fourth-order valence-corrected chi connectivity index (χ4v) is 2.56. The molecule has 0 aromatic carbocycles. The van der Waals surface area contributed by atoms with E-state index < -0.39 is 0 Å². The molecule has 0 amide bonds. The zero-order valence-corrected chi connectivity index (χ0v) is 13.2. The van der Waals surface area contributed by atoms with Crippen LogP contribution in [-0.4, -0.2) is 74.9 Å². The molecule has 1 heterocycles. The smallest absolute Gasteiger partial charge is 0.0594 e. The van der Waals surface area contributed by atoms with Gasteiger partial charge < -0.3 is 15.0 Å². The van der Waals surface area contributed by atoms with Gasteiger partial charge in [0.25, 0.3) is 0 Å². The Labute approximate surface area is 119 Å². The highest BCUT2D eigenvalue weighted by atomic mass is 16.5. The molecule has 0 aromatic heterocycles. The van der Waals surface area contributed by atoms with Gasteiger partial charge in [0.05, 0.1) is 13.2 Å². The van der Waals surface area contributed by atoms with Gasteiger partial charge in [0.15, 0.2) is 0 Å². The fraction of sp³-hybridized carbons (Fsp3) is 1.00. The van der Waals surface area contributed by atoms with Gasteiger partial charge in [0.2, 0.25) is 0 Å². The lowest BCUT2D eigenvalue weighted by Crippen LogP contribution is -2.41.